The van der Waals surface area contributed by atoms with Crippen molar-refractivity contribution in [3.8, 4) is 0 Å². The summed E-state index contributed by atoms with van der Waals surface area (Å²) in [6.45, 7) is 5.57. The Morgan fingerprint density at radius 3 is 2.61 bits per heavy atom. The van der Waals surface area contributed by atoms with Gasteiger partial charge in [-0.05, 0) is 43.5 Å². The van der Waals surface area contributed by atoms with Gasteiger partial charge in [-0.1, -0.05) is 0 Å². The average molecular weight is 247 g/mol. The molecule has 1 heterocycles. The van der Waals surface area contributed by atoms with Gasteiger partial charge < -0.3 is 16.0 Å². The molecule has 1 aromatic rings. The molecule has 1 saturated heterocycles. The maximum Gasteiger partial charge on any atom is 0.217 e. The van der Waals surface area contributed by atoms with E-state index in [9.17, 15) is 4.79 Å². The lowest BCUT2D eigenvalue weighted by Crippen LogP contribution is -2.44. The van der Waals surface area contributed by atoms with Crippen molar-refractivity contribution in [3.63, 3.8) is 0 Å². The van der Waals surface area contributed by atoms with Crippen molar-refractivity contribution in [2.45, 2.75) is 32.7 Å². The maximum atomic E-state index is 11.0. The molecule has 4 heteroatoms. The molecule has 0 spiro atoms. The van der Waals surface area contributed by atoms with Gasteiger partial charge in [-0.25, -0.2) is 0 Å². The minimum Gasteiger partial charge on any atom is -0.399 e. The number of nitrogens with one attached hydrogen (secondary N) is 1. The van der Waals surface area contributed by atoms with Crippen molar-refractivity contribution >= 4 is 17.3 Å². The highest BCUT2D eigenvalue weighted by molar-refractivity contribution is 5.73. The molecular formula is C14H21N3O. The molecule has 0 bridgehead atoms. The number of benzene rings is 1. The summed E-state index contributed by atoms with van der Waals surface area (Å²) in [4.78, 5) is 13.4. The highest BCUT2D eigenvalue weighted by Crippen LogP contribution is 2.23. The maximum absolute atomic E-state index is 11.0. The number of hydrogen-bond donors (Lipinski definition) is 2. The smallest absolute Gasteiger partial charge is 0.217 e. The number of aryl methyl sites for hydroxylation is 1. The van der Waals surface area contributed by atoms with Gasteiger partial charge in [0.1, 0.15) is 0 Å². The number of rotatable bonds is 2. The summed E-state index contributed by atoms with van der Waals surface area (Å²) < 4.78 is 0. The molecule has 0 aromatic heterocycles. The summed E-state index contributed by atoms with van der Waals surface area (Å²) in [5.41, 5.74) is 9.02. The molecule has 0 radical (unpaired) electrons. The molecule has 1 amide bonds. The molecule has 0 unspecified atom stereocenters. The number of carbonyl (C=O) groups is 1. The first-order valence-corrected chi connectivity index (χ1v) is 6.44. The quantitative estimate of drug-likeness (QED) is 0.782. The Balaban J connectivity index is 1.96. The van der Waals surface area contributed by atoms with Crippen LogP contribution in [0.4, 0.5) is 11.4 Å². The van der Waals surface area contributed by atoms with Crippen molar-refractivity contribution in [3.05, 3.63) is 23.8 Å². The van der Waals surface area contributed by atoms with E-state index in [-0.39, 0.29) is 5.91 Å². The third kappa shape index (κ3) is 2.94. The van der Waals surface area contributed by atoms with Crippen LogP contribution in [0.3, 0.4) is 0 Å². The molecular weight excluding hydrogens is 226 g/mol. The van der Waals surface area contributed by atoms with Gasteiger partial charge in [-0.15, -0.1) is 0 Å². The number of amides is 1. The summed E-state index contributed by atoms with van der Waals surface area (Å²) in [5, 5.41) is 2.99. The van der Waals surface area contributed by atoms with E-state index in [0.717, 1.165) is 37.2 Å². The fourth-order valence-corrected chi connectivity index (χ4v) is 2.43. The molecule has 0 atom stereocenters. The molecule has 0 aliphatic carbocycles. The Morgan fingerprint density at radius 1 is 1.39 bits per heavy atom. The van der Waals surface area contributed by atoms with E-state index in [1.807, 2.05) is 13.0 Å². The van der Waals surface area contributed by atoms with Gasteiger partial charge in [0.05, 0.1) is 0 Å². The van der Waals surface area contributed by atoms with Gasteiger partial charge in [-0.3, -0.25) is 4.79 Å². The summed E-state index contributed by atoms with van der Waals surface area (Å²) in [7, 11) is 0. The first-order valence-electron chi connectivity index (χ1n) is 6.44. The first-order chi connectivity index (χ1) is 8.56. The molecule has 1 aromatic carbocycles. The van der Waals surface area contributed by atoms with Crippen molar-refractivity contribution in [2.75, 3.05) is 23.7 Å². The SMILES string of the molecule is CC(=O)NC1CCN(c2ccc(N)c(C)c2)CC1. The van der Waals surface area contributed by atoms with Crippen LogP contribution in [-0.2, 0) is 4.79 Å². The second-order valence-electron chi connectivity index (χ2n) is 5.00. The Morgan fingerprint density at radius 2 is 2.06 bits per heavy atom. The van der Waals surface area contributed by atoms with Crippen LogP contribution in [0.2, 0.25) is 0 Å². The lowest BCUT2D eigenvalue weighted by atomic mass is 10.0. The van der Waals surface area contributed by atoms with E-state index in [1.165, 1.54) is 5.69 Å². The monoisotopic (exact) mass is 247 g/mol. The number of nitrogens with zero attached hydrogens (tertiary/aromatic N) is 1. The van der Waals surface area contributed by atoms with Crippen LogP contribution in [0.1, 0.15) is 25.3 Å². The van der Waals surface area contributed by atoms with E-state index in [0.29, 0.717) is 6.04 Å². The van der Waals surface area contributed by atoms with Gasteiger partial charge in [-0.2, -0.15) is 0 Å². The number of carbonyl (C=O) groups excluding carboxylic acids is 1. The summed E-state index contributed by atoms with van der Waals surface area (Å²) in [6, 6.07) is 6.49. The number of hydrogen-bond acceptors (Lipinski definition) is 3. The zero-order valence-electron chi connectivity index (χ0n) is 11.1. The molecule has 4 nitrogen and oxygen atoms in total. The number of nitrogen functional groups attached to an aromatic ring is 1. The van der Waals surface area contributed by atoms with Crippen molar-refractivity contribution < 1.29 is 4.79 Å². The molecule has 3 N–H and O–H groups in total. The van der Waals surface area contributed by atoms with E-state index < -0.39 is 0 Å². The van der Waals surface area contributed by atoms with Gasteiger partial charge in [0.25, 0.3) is 0 Å². The average Bonchev–Trinajstić information content (AvgIpc) is 2.33. The molecule has 1 aliphatic heterocycles. The number of nitrogens with two attached hydrogens (primary N) is 1. The molecule has 1 aliphatic rings. The summed E-state index contributed by atoms with van der Waals surface area (Å²) in [6.07, 6.45) is 2.01. The topological polar surface area (TPSA) is 58.4 Å². The molecule has 2 rings (SSSR count). The second kappa shape index (κ2) is 5.29. The van der Waals surface area contributed by atoms with Crippen LogP contribution in [0.15, 0.2) is 18.2 Å². The number of piperidine rings is 1. The van der Waals surface area contributed by atoms with Crippen molar-refractivity contribution in [2.24, 2.45) is 0 Å². The Kier molecular flexibility index (Phi) is 3.75. The van der Waals surface area contributed by atoms with Crippen LogP contribution < -0.4 is 16.0 Å². The van der Waals surface area contributed by atoms with Gasteiger partial charge >= 0.3 is 0 Å². The summed E-state index contributed by atoms with van der Waals surface area (Å²) in [5.74, 6) is 0.0665. The van der Waals surface area contributed by atoms with Crippen LogP contribution in [0.25, 0.3) is 0 Å². The lowest BCUT2D eigenvalue weighted by Gasteiger charge is -2.34. The van der Waals surface area contributed by atoms with Gasteiger partial charge in [0.15, 0.2) is 0 Å². The van der Waals surface area contributed by atoms with E-state index in [4.69, 9.17) is 5.73 Å². The first kappa shape index (κ1) is 12.7. The Hall–Kier alpha value is -1.71. The third-order valence-electron chi connectivity index (χ3n) is 3.52. The van der Waals surface area contributed by atoms with E-state index in [1.54, 1.807) is 6.92 Å². The third-order valence-corrected chi connectivity index (χ3v) is 3.52. The zero-order chi connectivity index (χ0) is 13.1. The zero-order valence-corrected chi connectivity index (χ0v) is 11.1. The predicted octanol–water partition coefficient (Wildman–Crippen LogP) is 1.68. The second-order valence-corrected chi connectivity index (χ2v) is 5.00. The van der Waals surface area contributed by atoms with Gasteiger partial charge in [0, 0.05) is 37.4 Å². The minimum atomic E-state index is 0.0665. The molecule has 98 valence electrons. The predicted molar refractivity (Wildman–Crippen MR) is 74.6 cm³/mol. The minimum absolute atomic E-state index is 0.0665. The largest absolute Gasteiger partial charge is 0.399 e. The normalized spacial score (nSPS) is 16.7. The Labute approximate surface area is 108 Å². The van der Waals surface area contributed by atoms with Crippen molar-refractivity contribution in [1.29, 1.82) is 0 Å². The highest BCUT2D eigenvalue weighted by atomic mass is 16.1. The highest BCUT2D eigenvalue weighted by Gasteiger charge is 2.19. The van der Waals surface area contributed by atoms with Crippen LogP contribution in [0.5, 0.6) is 0 Å². The van der Waals surface area contributed by atoms with Crippen molar-refractivity contribution in [1.82, 2.24) is 5.32 Å². The van der Waals surface area contributed by atoms with Crippen LogP contribution in [-0.4, -0.2) is 25.0 Å². The molecule has 18 heavy (non-hydrogen) atoms. The van der Waals surface area contributed by atoms with Crippen LogP contribution >= 0.6 is 0 Å². The molecule has 1 fully saturated rings. The standard InChI is InChI=1S/C14H21N3O/c1-10-9-13(3-4-14(10)15)17-7-5-12(6-8-17)16-11(2)18/h3-4,9,12H,5-8,15H2,1-2H3,(H,16,18). The fraction of sp³-hybridized carbons (Fsp3) is 0.500. The van der Waals surface area contributed by atoms with Gasteiger partial charge in [0.2, 0.25) is 5.91 Å². The van der Waals surface area contributed by atoms with E-state index >= 15 is 0 Å². The fourth-order valence-electron chi connectivity index (χ4n) is 2.43. The van der Waals surface area contributed by atoms with Crippen LogP contribution in [0, 0.1) is 6.92 Å². The molecule has 0 saturated carbocycles. The Bertz CT molecular complexity index is 437. The lowest BCUT2D eigenvalue weighted by molar-refractivity contribution is -0.119. The summed E-state index contributed by atoms with van der Waals surface area (Å²) >= 11 is 0. The van der Waals surface area contributed by atoms with E-state index in [2.05, 4.69) is 22.3 Å². The number of anilines is 2.